The summed E-state index contributed by atoms with van der Waals surface area (Å²) in [5.41, 5.74) is 2.88. The zero-order chi connectivity index (χ0) is 19.0. The van der Waals surface area contributed by atoms with Gasteiger partial charge in [0.05, 0.1) is 17.1 Å². The second kappa shape index (κ2) is 7.33. The number of aliphatic imine (C=N–C) groups is 1. The summed E-state index contributed by atoms with van der Waals surface area (Å²) in [5, 5.41) is 11.4. The third-order valence-electron chi connectivity index (χ3n) is 6.30. The zero-order valence-corrected chi connectivity index (χ0v) is 16.8. The first-order valence-corrected chi connectivity index (χ1v) is 11.2. The number of likely N-dealkylation sites (tertiary alicyclic amines) is 1. The largest absolute Gasteiger partial charge is 0.342 e. The fourth-order valence-electron chi connectivity index (χ4n) is 4.65. The number of thiophene rings is 1. The van der Waals surface area contributed by atoms with Gasteiger partial charge in [-0.2, -0.15) is 11.3 Å². The van der Waals surface area contributed by atoms with Crippen LogP contribution in [0.25, 0.3) is 0 Å². The molecule has 2 aromatic rings. The van der Waals surface area contributed by atoms with Crippen LogP contribution >= 0.6 is 11.3 Å². The van der Waals surface area contributed by atoms with Crippen molar-refractivity contribution in [3.8, 4) is 0 Å². The highest BCUT2D eigenvalue weighted by Gasteiger charge is 2.45. The quantitative estimate of drug-likeness (QED) is 0.812. The smallest absolute Gasteiger partial charge is 0.254 e. The summed E-state index contributed by atoms with van der Waals surface area (Å²) < 4.78 is 0. The van der Waals surface area contributed by atoms with E-state index in [1.54, 1.807) is 11.3 Å². The summed E-state index contributed by atoms with van der Waals surface area (Å²) in [4.78, 5) is 20.1. The number of hydrogen-bond acceptors (Lipinski definition) is 4. The molecule has 1 aliphatic carbocycles. The van der Waals surface area contributed by atoms with Crippen LogP contribution in [0.5, 0.6) is 0 Å². The summed E-state index contributed by atoms with van der Waals surface area (Å²) in [6.07, 6.45) is 5.75. The molecule has 3 heterocycles. The molecule has 1 aromatic heterocycles. The highest BCUT2D eigenvalue weighted by molar-refractivity contribution is 7.08. The molecular weight excluding hydrogens is 368 g/mol. The number of para-hydroxylation sites is 1. The van der Waals surface area contributed by atoms with Gasteiger partial charge in [-0.1, -0.05) is 31.0 Å². The number of nitrogens with one attached hydrogen (secondary N) is 2. The van der Waals surface area contributed by atoms with Gasteiger partial charge in [0.2, 0.25) is 0 Å². The number of hydrogen-bond donors (Lipinski definition) is 2. The van der Waals surface area contributed by atoms with Crippen LogP contribution in [0.3, 0.4) is 0 Å². The predicted molar refractivity (Wildman–Crippen MR) is 114 cm³/mol. The Morgan fingerprint density at radius 1 is 1.21 bits per heavy atom. The third-order valence-corrected chi connectivity index (χ3v) is 6.99. The molecule has 1 saturated carbocycles. The molecule has 1 aromatic carbocycles. The number of nitrogens with zero attached hydrogens (tertiary/aromatic N) is 2. The maximum absolute atomic E-state index is 12.9. The molecule has 146 valence electrons. The van der Waals surface area contributed by atoms with Crippen molar-refractivity contribution in [2.45, 2.75) is 50.2 Å². The van der Waals surface area contributed by atoms with Crippen LogP contribution in [0, 0.1) is 0 Å². The number of anilines is 1. The Morgan fingerprint density at radius 2 is 2.07 bits per heavy atom. The lowest BCUT2D eigenvalue weighted by atomic mass is 9.96. The molecule has 3 aliphatic rings. The van der Waals surface area contributed by atoms with Gasteiger partial charge in [-0.05, 0) is 42.3 Å². The van der Waals surface area contributed by atoms with Gasteiger partial charge < -0.3 is 10.2 Å². The van der Waals surface area contributed by atoms with E-state index in [4.69, 9.17) is 4.99 Å². The van der Waals surface area contributed by atoms with Crippen LogP contribution in [0.1, 0.15) is 48.0 Å². The van der Waals surface area contributed by atoms with Crippen molar-refractivity contribution < 1.29 is 4.79 Å². The van der Waals surface area contributed by atoms with Gasteiger partial charge in [-0.15, -0.1) is 0 Å². The van der Waals surface area contributed by atoms with Crippen molar-refractivity contribution in [1.82, 2.24) is 10.2 Å². The van der Waals surface area contributed by atoms with E-state index in [-0.39, 0.29) is 11.4 Å². The van der Waals surface area contributed by atoms with E-state index >= 15 is 0 Å². The second-order valence-corrected chi connectivity index (χ2v) is 8.90. The number of carbonyl (C=O) groups is 1. The average molecular weight is 395 g/mol. The molecule has 2 aliphatic heterocycles. The molecule has 6 heteroatoms. The average Bonchev–Trinajstić information content (AvgIpc) is 3.46. The number of rotatable bonds is 2. The normalized spacial score (nSPS) is 26.4. The van der Waals surface area contributed by atoms with Crippen LogP contribution in [0.2, 0.25) is 0 Å². The minimum absolute atomic E-state index is 0.127. The lowest BCUT2D eigenvalue weighted by Crippen LogP contribution is -2.55. The fourth-order valence-corrected chi connectivity index (χ4v) is 5.28. The Morgan fingerprint density at radius 3 is 2.89 bits per heavy atom. The van der Waals surface area contributed by atoms with Gasteiger partial charge in [0.1, 0.15) is 5.84 Å². The summed E-state index contributed by atoms with van der Waals surface area (Å²) in [6, 6.07) is 10.7. The van der Waals surface area contributed by atoms with Gasteiger partial charge in [-0.3, -0.25) is 15.1 Å². The molecule has 5 nitrogen and oxygen atoms in total. The Balaban J connectivity index is 1.47. The van der Waals surface area contributed by atoms with Gasteiger partial charge in [0, 0.05) is 30.7 Å². The van der Waals surface area contributed by atoms with Crippen molar-refractivity contribution in [2.24, 2.45) is 4.99 Å². The summed E-state index contributed by atoms with van der Waals surface area (Å²) >= 11 is 1.57. The Kier molecular flexibility index (Phi) is 4.69. The second-order valence-electron chi connectivity index (χ2n) is 8.12. The highest BCUT2D eigenvalue weighted by Crippen LogP contribution is 2.32. The number of carbonyl (C=O) groups excluding carboxylic acids is 1. The molecule has 2 N–H and O–H groups in total. The predicted octanol–water partition coefficient (Wildman–Crippen LogP) is 3.89. The lowest BCUT2D eigenvalue weighted by molar-refractivity contribution is 0.0786. The van der Waals surface area contributed by atoms with Gasteiger partial charge in [0.25, 0.3) is 5.91 Å². The summed E-state index contributed by atoms with van der Waals surface area (Å²) in [5.74, 6) is 1.15. The van der Waals surface area contributed by atoms with Crippen molar-refractivity contribution in [3.63, 3.8) is 0 Å². The monoisotopic (exact) mass is 394 g/mol. The molecule has 1 unspecified atom stereocenters. The molecule has 1 amide bonds. The van der Waals surface area contributed by atoms with E-state index in [1.165, 1.54) is 31.2 Å². The highest BCUT2D eigenvalue weighted by atomic mass is 32.1. The first-order chi connectivity index (χ1) is 13.7. The van der Waals surface area contributed by atoms with Crippen LogP contribution in [-0.4, -0.2) is 41.3 Å². The molecule has 1 spiro atoms. The summed E-state index contributed by atoms with van der Waals surface area (Å²) in [7, 11) is 0. The van der Waals surface area contributed by atoms with E-state index in [0.29, 0.717) is 12.6 Å². The van der Waals surface area contributed by atoms with Crippen LogP contribution in [0.15, 0.2) is 46.1 Å². The lowest BCUT2D eigenvalue weighted by Gasteiger charge is -2.31. The minimum Gasteiger partial charge on any atom is -0.342 e. The molecule has 2 fully saturated rings. The number of amidine groups is 1. The minimum atomic E-state index is -0.298. The van der Waals surface area contributed by atoms with Gasteiger partial charge in [-0.25, -0.2) is 0 Å². The number of fused-ring (bicyclic) bond motifs is 1. The van der Waals surface area contributed by atoms with Crippen molar-refractivity contribution in [1.29, 1.82) is 0 Å². The van der Waals surface area contributed by atoms with E-state index in [0.717, 1.165) is 36.6 Å². The van der Waals surface area contributed by atoms with E-state index in [1.807, 2.05) is 21.7 Å². The molecule has 1 saturated heterocycles. The van der Waals surface area contributed by atoms with E-state index in [2.05, 4.69) is 34.9 Å². The van der Waals surface area contributed by atoms with Gasteiger partial charge >= 0.3 is 0 Å². The Bertz CT molecular complexity index is 888. The topological polar surface area (TPSA) is 56.7 Å². The van der Waals surface area contributed by atoms with E-state index < -0.39 is 0 Å². The van der Waals surface area contributed by atoms with Crippen LogP contribution in [0.4, 0.5) is 5.69 Å². The zero-order valence-electron chi connectivity index (χ0n) is 16.0. The molecule has 1 atom stereocenters. The van der Waals surface area contributed by atoms with E-state index in [9.17, 15) is 4.79 Å². The molecule has 28 heavy (non-hydrogen) atoms. The van der Waals surface area contributed by atoms with Crippen LogP contribution < -0.4 is 10.6 Å². The first kappa shape index (κ1) is 17.9. The van der Waals surface area contributed by atoms with Crippen molar-refractivity contribution >= 4 is 28.8 Å². The maximum Gasteiger partial charge on any atom is 0.254 e. The maximum atomic E-state index is 12.9. The SMILES string of the molecule is O=C(c1ccsc1)N1CCC2(C1)NCc1ccccc1NC2=NC1CCCC1. The summed E-state index contributed by atoms with van der Waals surface area (Å²) in [6.45, 7) is 2.20. The third kappa shape index (κ3) is 3.25. The first-order valence-electron chi connectivity index (χ1n) is 10.2. The fraction of sp³-hybridized carbons (Fsp3) is 0.455. The Labute approximate surface area is 169 Å². The van der Waals surface area contributed by atoms with Gasteiger partial charge in [0.15, 0.2) is 0 Å². The Hall–Kier alpha value is -2.18. The molecule has 5 rings (SSSR count). The van der Waals surface area contributed by atoms with Crippen molar-refractivity contribution in [2.75, 3.05) is 18.4 Å². The van der Waals surface area contributed by atoms with Crippen molar-refractivity contribution in [3.05, 3.63) is 52.2 Å². The molecule has 0 bridgehead atoms. The molecular formula is C22H26N4OS. The van der Waals surface area contributed by atoms with Crippen LogP contribution in [-0.2, 0) is 6.54 Å². The standard InChI is InChI=1S/C22H26N4OS/c27-20(17-9-12-28-14-17)26-11-10-22(15-26)21(24-18-6-2-3-7-18)25-19-8-4-1-5-16(19)13-23-22/h1,4-5,8-9,12,14,18,23H,2-3,6-7,10-11,13,15H2,(H,24,25). The number of amides is 1. The molecule has 0 radical (unpaired) electrons. The number of benzene rings is 1.